The van der Waals surface area contributed by atoms with Gasteiger partial charge in [0, 0.05) is 12.4 Å². The zero-order valence-electron chi connectivity index (χ0n) is 7.33. The molecule has 0 saturated heterocycles. The van der Waals surface area contributed by atoms with E-state index in [9.17, 15) is 4.79 Å². The average molecular weight is 243 g/mol. The van der Waals surface area contributed by atoms with E-state index >= 15 is 0 Å². The van der Waals surface area contributed by atoms with E-state index in [4.69, 9.17) is 0 Å². The number of rotatable bonds is 3. The number of hydrogen-bond donors (Lipinski definition) is 1. The summed E-state index contributed by atoms with van der Waals surface area (Å²) in [5.41, 5.74) is 1.01. The molecular weight excluding hydrogens is 232 g/mol. The fourth-order valence-corrected chi connectivity index (χ4v) is 1.16. The number of amides is 1. The van der Waals surface area contributed by atoms with Gasteiger partial charge >= 0.3 is 0 Å². The summed E-state index contributed by atoms with van der Waals surface area (Å²) in [5, 5.41) is 3.15. The first-order valence-electron chi connectivity index (χ1n) is 3.99. The highest BCUT2D eigenvalue weighted by Gasteiger charge is 2.07. The molecule has 0 aliphatic rings. The minimum absolute atomic E-state index is 0.0127. The van der Waals surface area contributed by atoms with Crippen molar-refractivity contribution in [2.75, 3.05) is 5.33 Å². The Labute approximate surface area is 85.7 Å². The van der Waals surface area contributed by atoms with Gasteiger partial charge in [-0.1, -0.05) is 22.0 Å². The van der Waals surface area contributed by atoms with Crippen LogP contribution in [0.5, 0.6) is 0 Å². The van der Waals surface area contributed by atoms with Crippen molar-refractivity contribution in [1.29, 1.82) is 0 Å². The molecule has 4 heteroatoms. The Morgan fingerprint density at radius 1 is 1.77 bits per heavy atom. The summed E-state index contributed by atoms with van der Waals surface area (Å²) in [5.74, 6) is -0.0173. The van der Waals surface area contributed by atoms with Gasteiger partial charge in [-0.3, -0.25) is 9.78 Å². The third-order valence-electron chi connectivity index (χ3n) is 1.68. The van der Waals surface area contributed by atoms with Crippen LogP contribution in [0.25, 0.3) is 0 Å². The van der Waals surface area contributed by atoms with E-state index in [0.717, 1.165) is 5.56 Å². The number of pyridine rings is 1. The molecule has 1 rings (SSSR count). The zero-order valence-corrected chi connectivity index (χ0v) is 8.91. The van der Waals surface area contributed by atoms with Gasteiger partial charge in [0.2, 0.25) is 5.91 Å². The normalized spacial score (nSPS) is 12.2. The van der Waals surface area contributed by atoms with Crippen molar-refractivity contribution < 1.29 is 4.79 Å². The minimum atomic E-state index is -0.0173. The van der Waals surface area contributed by atoms with Crippen LogP contribution in [0.2, 0.25) is 0 Å². The monoisotopic (exact) mass is 242 g/mol. The molecule has 1 N–H and O–H groups in total. The standard InChI is InChI=1S/C9H11BrN2O/c1-7(12-9(13)5-10)8-3-2-4-11-6-8/h2-4,6-7H,5H2,1H3,(H,12,13). The lowest BCUT2D eigenvalue weighted by atomic mass is 10.1. The van der Waals surface area contributed by atoms with Crippen LogP contribution in [0.3, 0.4) is 0 Å². The second-order valence-corrected chi connectivity index (χ2v) is 3.27. The number of aromatic nitrogens is 1. The van der Waals surface area contributed by atoms with Crippen LogP contribution in [-0.2, 0) is 4.79 Å². The lowest BCUT2D eigenvalue weighted by Crippen LogP contribution is -2.27. The first kappa shape index (κ1) is 10.2. The van der Waals surface area contributed by atoms with E-state index in [1.807, 2.05) is 19.1 Å². The first-order valence-corrected chi connectivity index (χ1v) is 5.11. The Morgan fingerprint density at radius 3 is 3.08 bits per heavy atom. The number of alkyl halides is 1. The predicted molar refractivity (Wildman–Crippen MR) is 54.6 cm³/mol. The Bertz CT molecular complexity index is 276. The number of halogens is 1. The smallest absolute Gasteiger partial charge is 0.231 e. The summed E-state index contributed by atoms with van der Waals surface area (Å²) in [4.78, 5) is 15.0. The molecule has 1 aromatic heterocycles. The molecule has 0 aliphatic heterocycles. The number of carbonyl (C=O) groups is 1. The number of nitrogens with zero attached hydrogens (tertiary/aromatic N) is 1. The lowest BCUT2D eigenvalue weighted by Gasteiger charge is -2.12. The highest BCUT2D eigenvalue weighted by atomic mass is 79.9. The topological polar surface area (TPSA) is 42.0 Å². The Hall–Kier alpha value is -0.900. The Balaban J connectivity index is 2.59. The van der Waals surface area contributed by atoms with Gasteiger partial charge in [-0.15, -0.1) is 0 Å². The molecule has 0 aromatic carbocycles. The second kappa shape index (κ2) is 4.97. The Morgan fingerprint density at radius 2 is 2.54 bits per heavy atom. The van der Waals surface area contributed by atoms with Crippen molar-refractivity contribution in [3.8, 4) is 0 Å². The van der Waals surface area contributed by atoms with Gasteiger partial charge in [0.15, 0.2) is 0 Å². The van der Waals surface area contributed by atoms with Crippen LogP contribution in [-0.4, -0.2) is 16.2 Å². The molecule has 3 nitrogen and oxygen atoms in total. The van der Waals surface area contributed by atoms with Crippen molar-refractivity contribution in [3.63, 3.8) is 0 Å². The lowest BCUT2D eigenvalue weighted by molar-refractivity contribution is -0.119. The molecule has 1 heterocycles. The van der Waals surface area contributed by atoms with Gasteiger partial charge < -0.3 is 5.32 Å². The van der Waals surface area contributed by atoms with Crippen molar-refractivity contribution in [2.24, 2.45) is 0 Å². The van der Waals surface area contributed by atoms with Crippen molar-refractivity contribution >= 4 is 21.8 Å². The fraction of sp³-hybridized carbons (Fsp3) is 0.333. The van der Waals surface area contributed by atoms with Crippen LogP contribution >= 0.6 is 15.9 Å². The third kappa shape index (κ3) is 3.14. The van der Waals surface area contributed by atoms with Gasteiger partial charge in [0.05, 0.1) is 11.4 Å². The molecule has 0 aliphatic carbocycles. The number of carbonyl (C=O) groups excluding carboxylic acids is 1. The molecule has 0 spiro atoms. The summed E-state index contributed by atoms with van der Waals surface area (Å²) in [6, 6.07) is 3.80. The van der Waals surface area contributed by atoms with Crippen molar-refractivity contribution in [3.05, 3.63) is 30.1 Å². The number of hydrogen-bond acceptors (Lipinski definition) is 2. The van der Waals surface area contributed by atoms with Gasteiger partial charge in [0.1, 0.15) is 0 Å². The zero-order chi connectivity index (χ0) is 9.68. The highest BCUT2D eigenvalue weighted by molar-refractivity contribution is 9.09. The van der Waals surface area contributed by atoms with Crippen LogP contribution in [0.4, 0.5) is 0 Å². The summed E-state index contributed by atoms with van der Waals surface area (Å²) in [7, 11) is 0. The van der Waals surface area contributed by atoms with Gasteiger partial charge in [0.25, 0.3) is 0 Å². The predicted octanol–water partition coefficient (Wildman–Crippen LogP) is 1.65. The largest absolute Gasteiger partial charge is 0.349 e. The quantitative estimate of drug-likeness (QED) is 0.820. The molecule has 1 amide bonds. The van der Waals surface area contributed by atoms with E-state index in [1.165, 1.54) is 0 Å². The maximum Gasteiger partial charge on any atom is 0.231 e. The summed E-state index contributed by atoms with van der Waals surface area (Å²) in [6.45, 7) is 1.93. The molecule has 0 bridgehead atoms. The van der Waals surface area contributed by atoms with Crippen molar-refractivity contribution in [1.82, 2.24) is 10.3 Å². The third-order valence-corrected chi connectivity index (χ3v) is 2.19. The van der Waals surface area contributed by atoms with Crippen LogP contribution in [0, 0.1) is 0 Å². The van der Waals surface area contributed by atoms with Gasteiger partial charge in [-0.2, -0.15) is 0 Å². The second-order valence-electron chi connectivity index (χ2n) is 2.71. The van der Waals surface area contributed by atoms with Crippen molar-refractivity contribution in [2.45, 2.75) is 13.0 Å². The molecule has 0 fully saturated rings. The molecule has 13 heavy (non-hydrogen) atoms. The summed E-state index contributed by atoms with van der Waals surface area (Å²) >= 11 is 3.09. The maximum atomic E-state index is 11.0. The fourth-order valence-electron chi connectivity index (χ4n) is 0.995. The molecule has 70 valence electrons. The molecule has 1 atom stereocenters. The Kier molecular flexibility index (Phi) is 3.89. The molecule has 1 unspecified atom stereocenters. The maximum absolute atomic E-state index is 11.0. The van der Waals surface area contributed by atoms with E-state index in [2.05, 4.69) is 26.2 Å². The SMILES string of the molecule is CC(NC(=O)CBr)c1cccnc1. The van der Waals surface area contributed by atoms with E-state index < -0.39 is 0 Å². The molecule has 0 saturated carbocycles. The first-order chi connectivity index (χ1) is 6.24. The van der Waals surface area contributed by atoms with E-state index in [1.54, 1.807) is 12.4 Å². The van der Waals surface area contributed by atoms with E-state index in [-0.39, 0.29) is 11.9 Å². The molecule has 0 radical (unpaired) electrons. The van der Waals surface area contributed by atoms with Crippen LogP contribution in [0.15, 0.2) is 24.5 Å². The molecule has 1 aromatic rings. The van der Waals surface area contributed by atoms with Gasteiger partial charge in [-0.25, -0.2) is 0 Å². The summed E-state index contributed by atoms with van der Waals surface area (Å²) < 4.78 is 0. The molecular formula is C9H11BrN2O. The van der Waals surface area contributed by atoms with Crippen LogP contribution < -0.4 is 5.32 Å². The average Bonchev–Trinajstić information content (AvgIpc) is 2.19. The van der Waals surface area contributed by atoms with Gasteiger partial charge in [-0.05, 0) is 18.6 Å². The van der Waals surface area contributed by atoms with Crippen LogP contribution in [0.1, 0.15) is 18.5 Å². The number of nitrogens with one attached hydrogen (secondary N) is 1. The van der Waals surface area contributed by atoms with E-state index in [0.29, 0.717) is 5.33 Å². The summed E-state index contributed by atoms with van der Waals surface area (Å²) in [6.07, 6.45) is 3.46. The highest BCUT2D eigenvalue weighted by Crippen LogP contribution is 2.09. The minimum Gasteiger partial charge on any atom is -0.349 e.